The Morgan fingerprint density at radius 1 is 1.00 bits per heavy atom. The minimum atomic E-state index is -4.56. The topological polar surface area (TPSA) is 57.2 Å². The zero-order valence-electron chi connectivity index (χ0n) is 15.8. The number of amides is 1. The summed E-state index contributed by atoms with van der Waals surface area (Å²) in [5, 5.41) is 0.857. The van der Waals surface area contributed by atoms with E-state index in [4.69, 9.17) is 5.73 Å². The highest BCUT2D eigenvalue weighted by atomic mass is 19.4. The van der Waals surface area contributed by atoms with Crippen molar-refractivity contribution in [1.82, 2.24) is 4.57 Å². The molecule has 0 aliphatic carbocycles. The van der Waals surface area contributed by atoms with Gasteiger partial charge < -0.3 is 15.0 Å². The third-order valence-corrected chi connectivity index (χ3v) is 4.95. The largest absolute Gasteiger partial charge is 0.435 e. The third-order valence-electron chi connectivity index (χ3n) is 4.95. The number of halogens is 5. The molecule has 9 heteroatoms. The van der Waals surface area contributed by atoms with Gasteiger partial charge in [-0.3, -0.25) is 4.79 Å². The number of aromatic nitrogens is 1. The van der Waals surface area contributed by atoms with Crippen LogP contribution in [0.2, 0.25) is 0 Å². The molecule has 0 unspecified atom stereocenters. The van der Waals surface area contributed by atoms with Crippen LogP contribution in [0.5, 0.6) is 5.75 Å². The van der Waals surface area contributed by atoms with E-state index in [1.807, 2.05) is 0 Å². The fourth-order valence-corrected chi connectivity index (χ4v) is 3.70. The van der Waals surface area contributed by atoms with Crippen LogP contribution in [-0.4, -0.2) is 17.1 Å². The summed E-state index contributed by atoms with van der Waals surface area (Å²) in [6, 6.07) is 13.9. The number of alkyl halides is 5. The third kappa shape index (κ3) is 3.90. The second kappa shape index (κ2) is 7.57. The zero-order valence-corrected chi connectivity index (χ0v) is 15.8. The van der Waals surface area contributed by atoms with Gasteiger partial charge in [-0.1, -0.05) is 24.3 Å². The summed E-state index contributed by atoms with van der Waals surface area (Å²) in [5.41, 5.74) is 6.06. The van der Waals surface area contributed by atoms with Crippen molar-refractivity contribution in [2.45, 2.75) is 19.3 Å². The van der Waals surface area contributed by atoms with Gasteiger partial charge >= 0.3 is 12.8 Å². The molecule has 0 aliphatic heterocycles. The minimum absolute atomic E-state index is 0.0595. The number of hydrogen-bond donors (Lipinski definition) is 1. The summed E-state index contributed by atoms with van der Waals surface area (Å²) in [7, 11) is 0. The van der Waals surface area contributed by atoms with E-state index in [-0.39, 0.29) is 23.4 Å². The summed E-state index contributed by atoms with van der Waals surface area (Å²) >= 11 is 0. The van der Waals surface area contributed by atoms with Crippen molar-refractivity contribution < 1.29 is 31.5 Å². The molecule has 3 aromatic carbocycles. The Balaban J connectivity index is 1.96. The lowest BCUT2D eigenvalue weighted by molar-refractivity contribution is -0.137. The van der Waals surface area contributed by atoms with Gasteiger partial charge in [0.25, 0.3) is 0 Å². The number of carbonyl (C=O) groups excluding carboxylic acids is 1. The molecular weight excluding hydrogens is 419 g/mol. The number of fused-ring (bicyclic) bond motifs is 3. The maximum atomic E-state index is 13.3. The standard InChI is InChI=1S/C22H15F5N2O2/c23-21(24)31-14-4-1-3-12(9-14)11-29-17-6-2-5-16(20(28)30)19(17)15-8-7-13(10-18(15)29)22(25,26)27/h1-10,21H,11H2,(H2,28,30). The molecule has 4 rings (SSSR count). The fraction of sp³-hybridized carbons (Fsp3) is 0.136. The normalized spacial score (nSPS) is 12.1. The molecule has 0 atom stereocenters. The Morgan fingerprint density at radius 2 is 1.74 bits per heavy atom. The molecule has 0 aliphatic rings. The molecular formula is C22H15F5N2O2. The van der Waals surface area contributed by atoms with Gasteiger partial charge in [0, 0.05) is 22.9 Å². The second-order valence-corrected chi connectivity index (χ2v) is 6.91. The van der Waals surface area contributed by atoms with Crippen LogP contribution in [0.15, 0.2) is 60.7 Å². The van der Waals surface area contributed by atoms with Crippen molar-refractivity contribution in [3.05, 3.63) is 77.4 Å². The van der Waals surface area contributed by atoms with E-state index in [0.717, 1.165) is 12.1 Å². The Labute approximate surface area is 172 Å². The van der Waals surface area contributed by atoms with Crippen LogP contribution in [0.25, 0.3) is 21.8 Å². The lowest BCUT2D eigenvalue weighted by atomic mass is 10.0. The number of rotatable bonds is 5. The maximum absolute atomic E-state index is 13.3. The molecule has 0 saturated heterocycles. The predicted octanol–water partition coefficient (Wildman–Crippen LogP) is 5.56. The van der Waals surface area contributed by atoms with Crippen LogP contribution >= 0.6 is 0 Å². The molecule has 0 bridgehead atoms. The van der Waals surface area contributed by atoms with E-state index in [0.29, 0.717) is 21.9 Å². The molecule has 160 valence electrons. The van der Waals surface area contributed by atoms with Crippen LogP contribution in [-0.2, 0) is 12.7 Å². The molecule has 31 heavy (non-hydrogen) atoms. The van der Waals surface area contributed by atoms with Crippen LogP contribution in [0.3, 0.4) is 0 Å². The number of carbonyl (C=O) groups is 1. The molecule has 0 radical (unpaired) electrons. The first-order valence-corrected chi connectivity index (χ1v) is 9.11. The molecule has 2 N–H and O–H groups in total. The van der Waals surface area contributed by atoms with E-state index in [1.165, 1.54) is 30.3 Å². The SMILES string of the molecule is NC(=O)c1cccc2c1c1ccc(C(F)(F)F)cc1n2Cc1cccc(OC(F)F)c1. The van der Waals surface area contributed by atoms with Gasteiger partial charge in [-0.15, -0.1) is 0 Å². The number of hydrogen-bond acceptors (Lipinski definition) is 2. The van der Waals surface area contributed by atoms with Gasteiger partial charge in [-0.2, -0.15) is 22.0 Å². The van der Waals surface area contributed by atoms with Gasteiger partial charge in [0.2, 0.25) is 5.91 Å². The van der Waals surface area contributed by atoms with E-state index in [2.05, 4.69) is 4.74 Å². The lowest BCUT2D eigenvalue weighted by Gasteiger charge is -2.11. The zero-order chi connectivity index (χ0) is 22.3. The van der Waals surface area contributed by atoms with Crippen LogP contribution < -0.4 is 10.5 Å². The first kappa shape index (κ1) is 20.6. The van der Waals surface area contributed by atoms with E-state index < -0.39 is 24.3 Å². The number of nitrogens with two attached hydrogens (primary N) is 1. The average molecular weight is 434 g/mol. The van der Waals surface area contributed by atoms with Crippen molar-refractivity contribution in [2.24, 2.45) is 5.73 Å². The molecule has 0 spiro atoms. The summed E-state index contributed by atoms with van der Waals surface area (Å²) in [4.78, 5) is 11.9. The minimum Gasteiger partial charge on any atom is -0.435 e. The van der Waals surface area contributed by atoms with Crippen molar-refractivity contribution >= 4 is 27.7 Å². The highest BCUT2D eigenvalue weighted by Crippen LogP contribution is 2.37. The Morgan fingerprint density at radius 3 is 2.42 bits per heavy atom. The molecule has 0 fully saturated rings. The maximum Gasteiger partial charge on any atom is 0.416 e. The molecule has 4 nitrogen and oxygen atoms in total. The Bertz CT molecular complexity index is 1290. The molecule has 4 aromatic rings. The fourth-order valence-electron chi connectivity index (χ4n) is 3.70. The first-order chi connectivity index (χ1) is 14.6. The summed E-state index contributed by atoms with van der Waals surface area (Å²) in [6.45, 7) is -2.94. The number of benzene rings is 3. The van der Waals surface area contributed by atoms with Gasteiger partial charge in [0.05, 0.1) is 16.6 Å². The van der Waals surface area contributed by atoms with Gasteiger partial charge in [0.15, 0.2) is 0 Å². The van der Waals surface area contributed by atoms with Gasteiger partial charge in [0.1, 0.15) is 5.75 Å². The summed E-state index contributed by atoms with van der Waals surface area (Å²) < 4.78 is 71.1. The van der Waals surface area contributed by atoms with Crippen molar-refractivity contribution in [3.8, 4) is 5.75 Å². The Hall–Kier alpha value is -3.62. The monoisotopic (exact) mass is 434 g/mol. The average Bonchev–Trinajstić information content (AvgIpc) is 3.00. The lowest BCUT2D eigenvalue weighted by Crippen LogP contribution is -2.11. The van der Waals surface area contributed by atoms with E-state index in [9.17, 15) is 26.7 Å². The Kier molecular flexibility index (Phi) is 5.04. The van der Waals surface area contributed by atoms with Crippen LogP contribution in [0, 0.1) is 0 Å². The smallest absolute Gasteiger partial charge is 0.416 e. The van der Waals surface area contributed by atoms with Gasteiger partial charge in [-0.05, 0) is 42.0 Å². The van der Waals surface area contributed by atoms with E-state index in [1.54, 1.807) is 22.8 Å². The summed E-state index contributed by atoms with van der Waals surface area (Å²) in [6.07, 6.45) is -4.56. The highest BCUT2D eigenvalue weighted by molar-refractivity contribution is 6.18. The van der Waals surface area contributed by atoms with Crippen molar-refractivity contribution in [2.75, 3.05) is 0 Å². The molecule has 1 heterocycles. The predicted molar refractivity (Wildman–Crippen MR) is 105 cm³/mol. The highest BCUT2D eigenvalue weighted by Gasteiger charge is 2.31. The van der Waals surface area contributed by atoms with Crippen molar-refractivity contribution in [3.63, 3.8) is 0 Å². The quantitative estimate of drug-likeness (QED) is 0.418. The number of nitrogens with zero attached hydrogens (tertiary/aromatic N) is 1. The van der Waals surface area contributed by atoms with Gasteiger partial charge in [-0.25, -0.2) is 0 Å². The molecule has 0 saturated carbocycles. The van der Waals surface area contributed by atoms with Crippen LogP contribution in [0.4, 0.5) is 22.0 Å². The second-order valence-electron chi connectivity index (χ2n) is 6.91. The van der Waals surface area contributed by atoms with Crippen molar-refractivity contribution in [1.29, 1.82) is 0 Å². The van der Waals surface area contributed by atoms with E-state index >= 15 is 0 Å². The molecule has 1 amide bonds. The molecule has 1 aromatic heterocycles. The summed E-state index contributed by atoms with van der Waals surface area (Å²) in [5.74, 6) is -0.779. The number of primary amides is 1. The first-order valence-electron chi connectivity index (χ1n) is 9.11. The number of ether oxygens (including phenoxy) is 1. The van der Waals surface area contributed by atoms with Crippen LogP contribution in [0.1, 0.15) is 21.5 Å².